The number of hydrogen-bond acceptors (Lipinski definition) is 3. The van der Waals surface area contributed by atoms with E-state index in [9.17, 15) is 10.1 Å². The largest absolute Gasteiger partial charge is 0.387 e. The fraction of sp³-hybridized carbons (Fsp3) is 0.412. The average molecular weight is 352 g/mol. The number of hydrogen-bond donors (Lipinski definition) is 2. The van der Waals surface area contributed by atoms with Gasteiger partial charge in [0.2, 0.25) is 0 Å². The summed E-state index contributed by atoms with van der Waals surface area (Å²) in [4.78, 5) is 12.2. The highest BCUT2D eigenvalue weighted by atomic mass is 35.5. The molecule has 0 aliphatic heterocycles. The highest BCUT2D eigenvalue weighted by molar-refractivity contribution is 6.35. The number of nitrogens with zero attached hydrogens (tertiary/aromatic N) is 1. The lowest BCUT2D eigenvalue weighted by atomic mass is 10.1. The number of anilines is 1. The second kappa shape index (κ2) is 8.81. The Balaban J connectivity index is 2.01. The van der Waals surface area contributed by atoms with E-state index in [0.717, 1.165) is 12.8 Å². The van der Waals surface area contributed by atoms with E-state index in [4.69, 9.17) is 23.2 Å². The molecule has 1 amide bonds. The van der Waals surface area contributed by atoms with Crippen LogP contribution in [0.15, 0.2) is 30.0 Å². The van der Waals surface area contributed by atoms with E-state index in [1.165, 1.54) is 31.9 Å². The molecule has 1 aliphatic carbocycles. The van der Waals surface area contributed by atoms with E-state index in [0.29, 0.717) is 21.8 Å². The van der Waals surface area contributed by atoms with Crippen LogP contribution in [0.5, 0.6) is 0 Å². The van der Waals surface area contributed by atoms with Gasteiger partial charge in [0, 0.05) is 17.3 Å². The predicted molar refractivity (Wildman–Crippen MR) is 93.4 cm³/mol. The van der Waals surface area contributed by atoms with Gasteiger partial charge in [-0.3, -0.25) is 4.79 Å². The highest BCUT2D eigenvalue weighted by Gasteiger charge is 2.14. The molecule has 1 aromatic rings. The van der Waals surface area contributed by atoms with Gasteiger partial charge in [-0.05, 0) is 31.0 Å². The maximum absolute atomic E-state index is 12.2. The van der Waals surface area contributed by atoms with Crippen LogP contribution < -0.4 is 10.6 Å². The summed E-state index contributed by atoms with van der Waals surface area (Å²) in [5.74, 6) is -0.502. The van der Waals surface area contributed by atoms with Gasteiger partial charge in [-0.1, -0.05) is 48.9 Å². The first-order valence-electron chi connectivity index (χ1n) is 7.73. The van der Waals surface area contributed by atoms with Crippen molar-refractivity contribution in [2.45, 2.75) is 44.6 Å². The Hall–Kier alpha value is -1.70. The van der Waals surface area contributed by atoms with Crippen LogP contribution in [0.25, 0.3) is 0 Å². The molecule has 1 aromatic carbocycles. The van der Waals surface area contributed by atoms with Crippen LogP contribution in [-0.4, -0.2) is 11.9 Å². The van der Waals surface area contributed by atoms with Crippen LogP contribution in [0.1, 0.15) is 38.5 Å². The summed E-state index contributed by atoms with van der Waals surface area (Å²) in [5, 5.41) is 15.9. The second-order valence-corrected chi connectivity index (χ2v) is 6.45. The molecule has 0 atom stereocenters. The average Bonchev–Trinajstić information content (AvgIpc) is 2.80. The smallest absolute Gasteiger partial charge is 0.267 e. The first kappa shape index (κ1) is 17.7. The molecule has 2 N–H and O–H groups in total. The summed E-state index contributed by atoms with van der Waals surface area (Å²) in [6, 6.07) is 7.02. The Bertz CT molecular complexity index is 629. The number of nitriles is 1. The van der Waals surface area contributed by atoms with E-state index >= 15 is 0 Å². The van der Waals surface area contributed by atoms with Crippen molar-refractivity contribution in [1.29, 1.82) is 5.26 Å². The fourth-order valence-corrected chi connectivity index (χ4v) is 2.92. The first-order valence-corrected chi connectivity index (χ1v) is 8.48. The standard InChI is InChI=1S/C17H19Cl2N3O/c18-13-7-8-15(19)16(9-13)22-17(23)12(10-20)11-21-14-5-3-1-2-4-6-14/h7-9,11,14,21H,1-6H2,(H,22,23)/b12-11-. The number of rotatable bonds is 4. The Labute approximate surface area is 146 Å². The Kier molecular flexibility index (Phi) is 6.76. The molecule has 2 rings (SSSR count). The third-order valence-electron chi connectivity index (χ3n) is 3.86. The Morgan fingerprint density at radius 3 is 2.57 bits per heavy atom. The highest BCUT2D eigenvalue weighted by Crippen LogP contribution is 2.25. The summed E-state index contributed by atoms with van der Waals surface area (Å²) < 4.78 is 0. The lowest BCUT2D eigenvalue weighted by molar-refractivity contribution is -0.112. The number of carbonyl (C=O) groups excluding carboxylic acids is 1. The summed E-state index contributed by atoms with van der Waals surface area (Å²) in [6.07, 6.45) is 8.49. The zero-order valence-electron chi connectivity index (χ0n) is 12.7. The van der Waals surface area contributed by atoms with Crippen LogP contribution in [-0.2, 0) is 4.79 Å². The van der Waals surface area contributed by atoms with Gasteiger partial charge in [0.1, 0.15) is 11.6 Å². The number of halogens is 2. The molecule has 1 fully saturated rings. The SMILES string of the molecule is N#C/C(=C/NC1CCCCCC1)C(=O)Nc1cc(Cl)ccc1Cl. The minimum atomic E-state index is -0.502. The molecular weight excluding hydrogens is 333 g/mol. The van der Waals surface area contributed by atoms with E-state index in [1.54, 1.807) is 18.2 Å². The summed E-state index contributed by atoms with van der Waals surface area (Å²) in [5.41, 5.74) is 0.407. The fourth-order valence-electron chi connectivity index (χ4n) is 2.58. The van der Waals surface area contributed by atoms with Crippen LogP contribution >= 0.6 is 23.2 Å². The summed E-state index contributed by atoms with van der Waals surface area (Å²) in [6.45, 7) is 0. The van der Waals surface area contributed by atoms with Gasteiger partial charge in [0.25, 0.3) is 5.91 Å². The predicted octanol–water partition coefficient (Wildman–Crippen LogP) is 4.65. The van der Waals surface area contributed by atoms with Gasteiger partial charge >= 0.3 is 0 Å². The van der Waals surface area contributed by atoms with Crippen molar-refractivity contribution in [3.63, 3.8) is 0 Å². The van der Waals surface area contributed by atoms with Gasteiger partial charge in [0.05, 0.1) is 10.7 Å². The van der Waals surface area contributed by atoms with Gasteiger partial charge < -0.3 is 10.6 Å². The number of carbonyl (C=O) groups is 1. The molecule has 0 radical (unpaired) electrons. The van der Waals surface area contributed by atoms with E-state index < -0.39 is 5.91 Å². The number of benzene rings is 1. The summed E-state index contributed by atoms with van der Waals surface area (Å²) in [7, 11) is 0. The van der Waals surface area contributed by atoms with Crippen molar-refractivity contribution < 1.29 is 4.79 Å². The molecule has 122 valence electrons. The maximum Gasteiger partial charge on any atom is 0.267 e. The van der Waals surface area contributed by atoms with Crippen LogP contribution in [0, 0.1) is 11.3 Å². The molecule has 23 heavy (non-hydrogen) atoms. The lowest BCUT2D eigenvalue weighted by Gasteiger charge is -2.14. The topological polar surface area (TPSA) is 64.9 Å². The van der Waals surface area contributed by atoms with Crippen molar-refractivity contribution in [3.8, 4) is 6.07 Å². The van der Waals surface area contributed by atoms with E-state index in [1.807, 2.05) is 6.07 Å². The monoisotopic (exact) mass is 351 g/mol. The quantitative estimate of drug-likeness (QED) is 0.471. The van der Waals surface area contributed by atoms with Gasteiger partial charge in [-0.15, -0.1) is 0 Å². The van der Waals surface area contributed by atoms with Crippen molar-refractivity contribution in [1.82, 2.24) is 5.32 Å². The van der Waals surface area contributed by atoms with Crippen LogP contribution in [0.2, 0.25) is 10.0 Å². The molecule has 4 nitrogen and oxygen atoms in total. The first-order chi connectivity index (χ1) is 11.1. The van der Waals surface area contributed by atoms with Crippen molar-refractivity contribution >= 4 is 34.8 Å². The van der Waals surface area contributed by atoms with Crippen LogP contribution in [0.4, 0.5) is 5.69 Å². The number of nitrogens with one attached hydrogen (secondary N) is 2. The Morgan fingerprint density at radius 1 is 1.22 bits per heavy atom. The van der Waals surface area contributed by atoms with Gasteiger partial charge in [0.15, 0.2) is 0 Å². The third kappa shape index (κ3) is 5.46. The molecule has 0 bridgehead atoms. The molecule has 6 heteroatoms. The van der Waals surface area contributed by atoms with E-state index in [-0.39, 0.29) is 5.57 Å². The molecule has 0 unspecified atom stereocenters. The van der Waals surface area contributed by atoms with Crippen molar-refractivity contribution in [3.05, 3.63) is 40.0 Å². The summed E-state index contributed by atoms with van der Waals surface area (Å²) >= 11 is 11.9. The molecule has 1 saturated carbocycles. The molecule has 0 heterocycles. The third-order valence-corrected chi connectivity index (χ3v) is 4.42. The van der Waals surface area contributed by atoms with Crippen molar-refractivity contribution in [2.24, 2.45) is 0 Å². The molecule has 0 spiro atoms. The maximum atomic E-state index is 12.2. The molecule has 0 saturated heterocycles. The van der Waals surface area contributed by atoms with Gasteiger partial charge in [-0.25, -0.2) is 0 Å². The number of amides is 1. The van der Waals surface area contributed by atoms with Gasteiger partial charge in [-0.2, -0.15) is 5.26 Å². The minimum absolute atomic E-state index is 0.0188. The Morgan fingerprint density at radius 2 is 1.91 bits per heavy atom. The normalized spacial score (nSPS) is 16.3. The van der Waals surface area contributed by atoms with Crippen molar-refractivity contribution in [2.75, 3.05) is 5.32 Å². The van der Waals surface area contributed by atoms with Crippen LogP contribution in [0.3, 0.4) is 0 Å². The van der Waals surface area contributed by atoms with E-state index in [2.05, 4.69) is 10.6 Å². The molecular formula is C17H19Cl2N3O. The molecule has 1 aliphatic rings. The zero-order valence-corrected chi connectivity index (χ0v) is 14.3. The second-order valence-electron chi connectivity index (χ2n) is 5.60. The minimum Gasteiger partial charge on any atom is -0.387 e. The zero-order chi connectivity index (χ0) is 16.7. The lowest BCUT2D eigenvalue weighted by Crippen LogP contribution is -2.25. The molecule has 0 aromatic heterocycles.